The normalized spacial score (nSPS) is 13.1. The average Bonchev–Trinajstić information content (AvgIpc) is 3.21. The molecule has 0 saturated carbocycles. The van der Waals surface area contributed by atoms with Gasteiger partial charge < -0.3 is 14.2 Å². The minimum atomic E-state index is -1.10. The molecule has 39 heavy (non-hydrogen) atoms. The molecule has 8 heteroatoms. The molecule has 200 valence electrons. The number of unbranched alkanes of at least 4 members (excludes halogenated alkanes) is 1. The van der Waals surface area contributed by atoms with Gasteiger partial charge in [0, 0.05) is 16.4 Å². The highest BCUT2D eigenvalue weighted by Gasteiger charge is 2.26. The predicted molar refractivity (Wildman–Crippen MR) is 148 cm³/mol. The van der Waals surface area contributed by atoms with Crippen LogP contribution in [0.1, 0.15) is 57.5 Å². The third-order valence-electron chi connectivity index (χ3n) is 6.29. The second kappa shape index (κ2) is 12.6. The van der Waals surface area contributed by atoms with Gasteiger partial charge in [0.1, 0.15) is 5.75 Å². The van der Waals surface area contributed by atoms with E-state index >= 15 is 0 Å². The lowest BCUT2D eigenvalue weighted by Crippen LogP contribution is -2.07. The lowest BCUT2D eigenvalue weighted by Gasteiger charge is -2.11. The van der Waals surface area contributed by atoms with Crippen molar-refractivity contribution in [1.29, 1.82) is 0 Å². The van der Waals surface area contributed by atoms with Gasteiger partial charge in [-0.2, -0.15) is 4.39 Å². The number of hydrogen-bond acceptors (Lipinski definition) is 7. The van der Waals surface area contributed by atoms with Gasteiger partial charge >= 0.3 is 11.9 Å². The Morgan fingerprint density at radius 3 is 2.26 bits per heavy atom. The number of benzene rings is 3. The fraction of sp³-hybridized carbons (Fsp3) is 0.194. The Balaban J connectivity index is 1.35. The maximum atomic E-state index is 12.9. The Bertz CT molecular complexity index is 1430. The van der Waals surface area contributed by atoms with Gasteiger partial charge in [0.15, 0.2) is 0 Å². The largest absolute Gasteiger partial charge is 0.494 e. The maximum Gasteiger partial charge on any atom is 0.366 e. The molecule has 1 atom stereocenters. The molecule has 0 radical (unpaired) electrons. The predicted octanol–water partition coefficient (Wildman–Crippen LogP) is 7.24. The van der Waals surface area contributed by atoms with Crippen molar-refractivity contribution in [3.05, 3.63) is 108 Å². The van der Waals surface area contributed by atoms with Crippen LogP contribution in [0.4, 0.5) is 4.39 Å². The number of rotatable bonds is 11. The third kappa shape index (κ3) is 6.64. The molecular weight excluding hydrogens is 519 g/mol. The van der Waals surface area contributed by atoms with Crippen LogP contribution in [0, 0.1) is 0 Å². The molecule has 0 saturated heterocycles. The summed E-state index contributed by atoms with van der Waals surface area (Å²) in [6.45, 7) is 8.94. The van der Waals surface area contributed by atoms with Crippen molar-refractivity contribution in [1.82, 2.24) is 0 Å². The van der Waals surface area contributed by atoms with E-state index < -0.39 is 17.8 Å². The molecule has 4 rings (SSSR count). The van der Waals surface area contributed by atoms with Crippen molar-refractivity contribution in [2.24, 2.45) is 0 Å². The number of ether oxygens (including phenoxy) is 3. The van der Waals surface area contributed by atoms with Crippen LogP contribution in [0.15, 0.2) is 90.8 Å². The van der Waals surface area contributed by atoms with E-state index in [2.05, 4.69) is 20.1 Å². The first kappa shape index (κ1) is 27.9. The molecule has 0 fully saturated rings. The van der Waals surface area contributed by atoms with Crippen LogP contribution in [0.2, 0.25) is 0 Å². The number of thioether (sulfide) groups is 1. The summed E-state index contributed by atoms with van der Waals surface area (Å²) in [6, 6.07) is 18.3. The fourth-order valence-corrected chi connectivity index (χ4v) is 5.09. The zero-order chi connectivity index (χ0) is 27.9. The van der Waals surface area contributed by atoms with Gasteiger partial charge in [-0.3, -0.25) is 4.79 Å². The van der Waals surface area contributed by atoms with Gasteiger partial charge in [0.25, 0.3) is 0 Å². The van der Waals surface area contributed by atoms with Gasteiger partial charge in [-0.1, -0.05) is 32.2 Å². The molecule has 0 bridgehead atoms. The van der Waals surface area contributed by atoms with Crippen molar-refractivity contribution in [3.8, 4) is 16.9 Å². The standard InChI is InChI=1S/C31H27FO6S/c1-4-36-30(34)21-7-9-22(10-8-21)31(35)39-24-12-14-26-25-13-11-23(17-27(25)19(2)28(26)18-24)37-15-5-6-16-38-29(33)20(3)32/h4,7-14,17-19H,1,3,5-6,15-16H2,2H3. The average molecular weight is 547 g/mol. The SMILES string of the molecule is C=COC(=O)c1ccc(C(=O)Sc2ccc3c(c2)C(C)c2cc(OCCCCOC(=O)C(=C)F)ccc2-3)cc1. The molecule has 1 aliphatic rings. The quantitative estimate of drug-likeness (QED) is 0.0825. The third-order valence-corrected chi connectivity index (χ3v) is 7.20. The summed E-state index contributed by atoms with van der Waals surface area (Å²) in [7, 11) is 0. The Kier molecular flexibility index (Phi) is 8.99. The topological polar surface area (TPSA) is 78.9 Å². The summed E-state index contributed by atoms with van der Waals surface area (Å²) in [6.07, 6.45) is 2.27. The van der Waals surface area contributed by atoms with E-state index in [0.29, 0.717) is 30.6 Å². The smallest absolute Gasteiger partial charge is 0.366 e. The van der Waals surface area contributed by atoms with Gasteiger partial charge in [0.2, 0.25) is 10.9 Å². The molecule has 0 aromatic heterocycles. The molecule has 3 aromatic rings. The molecule has 0 spiro atoms. The first-order chi connectivity index (χ1) is 18.8. The zero-order valence-electron chi connectivity index (χ0n) is 21.4. The van der Waals surface area contributed by atoms with E-state index in [4.69, 9.17) is 14.2 Å². The van der Waals surface area contributed by atoms with Gasteiger partial charge in [0.05, 0.1) is 25.0 Å². The Hall–Kier alpha value is -4.17. The van der Waals surface area contributed by atoms with Crippen LogP contribution < -0.4 is 4.74 Å². The number of carbonyl (C=O) groups is 3. The molecule has 6 nitrogen and oxygen atoms in total. The Morgan fingerprint density at radius 2 is 1.56 bits per heavy atom. The van der Waals surface area contributed by atoms with Gasteiger partial charge in [-0.05, 0) is 95.4 Å². The van der Waals surface area contributed by atoms with Crippen molar-refractivity contribution in [3.63, 3.8) is 0 Å². The molecule has 3 aromatic carbocycles. The van der Waals surface area contributed by atoms with Crippen molar-refractivity contribution in [2.45, 2.75) is 30.6 Å². The fourth-order valence-electron chi connectivity index (χ4n) is 4.30. The minimum Gasteiger partial charge on any atom is -0.494 e. The number of carbonyl (C=O) groups excluding carboxylic acids is 3. The molecule has 0 heterocycles. The van der Waals surface area contributed by atoms with Crippen molar-refractivity contribution >= 4 is 28.8 Å². The first-order valence-electron chi connectivity index (χ1n) is 12.3. The second-order valence-electron chi connectivity index (χ2n) is 8.86. The highest BCUT2D eigenvalue weighted by Crippen LogP contribution is 2.47. The maximum absolute atomic E-state index is 12.9. The summed E-state index contributed by atoms with van der Waals surface area (Å²) < 4.78 is 28.0. The minimum absolute atomic E-state index is 0.111. The molecule has 1 aliphatic carbocycles. The second-order valence-corrected chi connectivity index (χ2v) is 9.90. The van der Waals surface area contributed by atoms with E-state index in [0.717, 1.165) is 50.9 Å². The van der Waals surface area contributed by atoms with Crippen LogP contribution in [0.25, 0.3) is 11.1 Å². The van der Waals surface area contributed by atoms with Crippen LogP contribution in [0.5, 0.6) is 5.75 Å². The van der Waals surface area contributed by atoms with E-state index in [1.54, 1.807) is 24.3 Å². The van der Waals surface area contributed by atoms with Gasteiger partial charge in [-0.15, -0.1) is 0 Å². The van der Waals surface area contributed by atoms with E-state index in [9.17, 15) is 18.8 Å². The molecule has 0 aliphatic heterocycles. The number of hydrogen-bond donors (Lipinski definition) is 0. The lowest BCUT2D eigenvalue weighted by molar-refractivity contribution is -0.140. The van der Waals surface area contributed by atoms with E-state index in [-0.39, 0.29) is 17.6 Å². The first-order valence-corrected chi connectivity index (χ1v) is 13.2. The lowest BCUT2D eigenvalue weighted by atomic mass is 9.99. The highest BCUT2D eigenvalue weighted by molar-refractivity contribution is 8.14. The summed E-state index contributed by atoms with van der Waals surface area (Å²) in [5.41, 5.74) is 5.37. The Labute approximate surface area is 230 Å². The van der Waals surface area contributed by atoms with E-state index in [1.165, 1.54) is 0 Å². The van der Waals surface area contributed by atoms with Crippen molar-refractivity contribution in [2.75, 3.05) is 13.2 Å². The van der Waals surface area contributed by atoms with Crippen molar-refractivity contribution < 1.29 is 33.0 Å². The zero-order valence-corrected chi connectivity index (χ0v) is 22.2. The molecule has 0 N–H and O–H groups in total. The van der Waals surface area contributed by atoms with E-state index in [1.807, 2.05) is 36.4 Å². The number of esters is 2. The molecular formula is C31H27FO6S. The monoisotopic (exact) mass is 546 g/mol. The highest BCUT2D eigenvalue weighted by atomic mass is 32.2. The van der Waals surface area contributed by atoms with Crippen LogP contribution in [-0.4, -0.2) is 30.3 Å². The summed E-state index contributed by atoms with van der Waals surface area (Å²) in [5, 5.41) is -0.123. The summed E-state index contributed by atoms with van der Waals surface area (Å²) in [4.78, 5) is 36.5. The van der Waals surface area contributed by atoms with Crippen LogP contribution >= 0.6 is 11.8 Å². The van der Waals surface area contributed by atoms with Crippen LogP contribution in [0.3, 0.4) is 0 Å². The number of halogens is 1. The Morgan fingerprint density at radius 1 is 0.923 bits per heavy atom. The molecule has 0 amide bonds. The summed E-state index contributed by atoms with van der Waals surface area (Å²) >= 11 is 1.14. The van der Waals surface area contributed by atoms with Crippen LogP contribution in [-0.2, 0) is 14.3 Å². The number of fused-ring (bicyclic) bond motifs is 3. The summed E-state index contributed by atoms with van der Waals surface area (Å²) in [5.74, 6) is -1.79. The van der Waals surface area contributed by atoms with Gasteiger partial charge in [-0.25, -0.2) is 9.59 Å². The molecule has 1 unspecified atom stereocenters.